The Kier molecular flexibility index (Phi) is 3.98. The highest BCUT2D eigenvalue weighted by atomic mass is 19.1. The van der Waals surface area contributed by atoms with Gasteiger partial charge in [-0.15, -0.1) is 0 Å². The second-order valence-electron chi connectivity index (χ2n) is 4.51. The van der Waals surface area contributed by atoms with Crippen LogP contribution in [-0.2, 0) is 0 Å². The van der Waals surface area contributed by atoms with Crippen LogP contribution in [0.15, 0.2) is 36.4 Å². The van der Waals surface area contributed by atoms with Crippen LogP contribution in [0.3, 0.4) is 0 Å². The molecule has 108 valence electrons. The zero-order valence-electron chi connectivity index (χ0n) is 11.4. The Morgan fingerprint density at radius 3 is 2.43 bits per heavy atom. The maximum atomic E-state index is 13.0. The molecule has 0 saturated carbocycles. The minimum atomic E-state index is -0.624. The van der Waals surface area contributed by atoms with Crippen LogP contribution < -0.4 is 4.74 Å². The van der Waals surface area contributed by atoms with E-state index in [1.807, 2.05) is 0 Å². The van der Waals surface area contributed by atoms with Crippen molar-refractivity contribution in [2.45, 2.75) is 13.8 Å². The van der Waals surface area contributed by atoms with Crippen molar-refractivity contribution in [2.24, 2.45) is 0 Å². The predicted octanol–water partition coefficient (Wildman–Crippen LogP) is 4.04. The molecule has 6 heteroatoms. The van der Waals surface area contributed by atoms with Crippen molar-refractivity contribution in [3.05, 3.63) is 63.5 Å². The van der Waals surface area contributed by atoms with Gasteiger partial charge in [0.05, 0.1) is 4.92 Å². The summed E-state index contributed by atoms with van der Waals surface area (Å²) in [5.41, 5.74) is 0.427. The summed E-state index contributed by atoms with van der Waals surface area (Å²) in [7, 11) is 0. The molecular formula is C15H12FNO4. The van der Waals surface area contributed by atoms with E-state index < -0.39 is 10.7 Å². The van der Waals surface area contributed by atoms with Gasteiger partial charge in [-0.05, 0) is 49.7 Å². The molecule has 0 spiro atoms. The fourth-order valence-corrected chi connectivity index (χ4v) is 1.81. The molecule has 2 rings (SSSR count). The zero-order chi connectivity index (χ0) is 15.6. The Bertz CT molecular complexity index is 728. The van der Waals surface area contributed by atoms with Gasteiger partial charge >= 0.3 is 5.69 Å². The number of ketones is 1. The van der Waals surface area contributed by atoms with Gasteiger partial charge in [-0.1, -0.05) is 0 Å². The first-order valence-corrected chi connectivity index (χ1v) is 6.12. The Balaban J connectivity index is 2.44. The van der Waals surface area contributed by atoms with Gasteiger partial charge in [0, 0.05) is 11.6 Å². The molecule has 0 aliphatic heterocycles. The summed E-state index contributed by atoms with van der Waals surface area (Å²) in [6, 6.07) is 7.84. The molecular weight excluding hydrogens is 277 g/mol. The Labute approximate surface area is 120 Å². The maximum absolute atomic E-state index is 13.0. The maximum Gasteiger partial charge on any atom is 0.312 e. The molecule has 0 unspecified atom stereocenters. The van der Waals surface area contributed by atoms with E-state index in [1.165, 1.54) is 37.3 Å². The molecule has 21 heavy (non-hydrogen) atoms. The van der Waals surface area contributed by atoms with Crippen LogP contribution >= 0.6 is 0 Å². The normalized spacial score (nSPS) is 10.2. The SMILES string of the molecule is CC(=O)c1ccc(Oc2ccc(F)cc2C)c([N+](=O)[O-])c1. The molecule has 2 aromatic rings. The molecule has 0 aliphatic rings. The molecule has 0 heterocycles. The van der Waals surface area contributed by atoms with Crippen molar-refractivity contribution in [1.82, 2.24) is 0 Å². The summed E-state index contributed by atoms with van der Waals surface area (Å²) in [6.07, 6.45) is 0. The van der Waals surface area contributed by atoms with Crippen molar-refractivity contribution in [1.29, 1.82) is 0 Å². The van der Waals surface area contributed by atoms with Gasteiger partial charge < -0.3 is 4.74 Å². The van der Waals surface area contributed by atoms with Gasteiger partial charge in [0.15, 0.2) is 5.78 Å². The first-order valence-electron chi connectivity index (χ1n) is 6.12. The quantitative estimate of drug-likeness (QED) is 0.484. The van der Waals surface area contributed by atoms with Crippen molar-refractivity contribution >= 4 is 11.5 Å². The fourth-order valence-electron chi connectivity index (χ4n) is 1.81. The summed E-state index contributed by atoms with van der Waals surface area (Å²) < 4.78 is 18.5. The lowest BCUT2D eigenvalue weighted by Crippen LogP contribution is -1.98. The number of nitro benzene ring substituents is 1. The number of ether oxygens (including phenoxy) is 1. The number of carbonyl (C=O) groups is 1. The lowest BCUT2D eigenvalue weighted by atomic mass is 10.1. The van der Waals surface area contributed by atoms with E-state index in [0.29, 0.717) is 11.3 Å². The molecule has 0 amide bonds. The Morgan fingerprint density at radius 1 is 1.19 bits per heavy atom. The number of hydrogen-bond donors (Lipinski definition) is 0. The van der Waals surface area contributed by atoms with E-state index in [1.54, 1.807) is 6.92 Å². The fraction of sp³-hybridized carbons (Fsp3) is 0.133. The molecule has 0 aromatic heterocycles. The predicted molar refractivity (Wildman–Crippen MR) is 74.3 cm³/mol. The van der Waals surface area contributed by atoms with Crippen LogP contribution in [0.25, 0.3) is 0 Å². The van der Waals surface area contributed by atoms with E-state index in [2.05, 4.69) is 0 Å². The topological polar surface area (TPSA) is 69.4 Å². The van der Waals surface area contributed by atoms with Gasteiger partial charge in [-0.2, -0.15) is 0 Å². The number of carbonyl (C=O) groups excluding carboxylic acids is 1. The molecule has 0 saturated heterocycles. The summed E-state index contributed by atoms with van der Waals surface area (Å²) in [6.45, 7) is 2.96. The summed E-state index contributed by atoms with van der Waals surface area (Å²) in [5, 5.41) is 11.1. The first kappa shape index (κ1) is 14.6. The van der Waals surface area contributed by atoms with Crippen molar-refractivity contribution in [2.75, 3.05) is 0 Å². The van der Waals surface area contributed by atoms with Crippen molar-refractivity contribution in [3.63, 3.8) is 0 Å². The summed E-state index contributed by atoms with van der Waals surface area (Å²) in [4.78, 5) is 21.7. The smallest absolute Gasteiger partial charge is 0.312 e. The molecule has 2 aromatic carbocycles. The molecule has 0 atom stereocenters. The van der Waals surface area contributed by atoms with Gasteiger partial charge in [-0.25, -0.2) is 4.39 Å². The van der Waals surface area contributed by atoms with Crippen molar-refractivity contribution in [3.8, 4) is 11.5 Å². The van der Waals surface area contributed by atoms with E-state index in [4.69, 9.17) is 4.74 Å². The summed E-state index contributed by atoms with van der Waals surface area (Å²) >= 11 is 0. The monoisotopic (exact) mass is 289 g/mol. The van der Waals surface area contributed by atoms with Crippen LogP contribution in [0.4, 0.5) is 10.1 Å². The number of hydrogen-bond acceptors (Lipinski definition) is 4. The lowest BCUT2D eigenvalue weighted by molar-refractivity contribution is -0.385. The average molecular weight is 289 g/mol. The summed E-state index contributed by atoms with van der Waals surface area (Å²) in [5.74, 6) is -0.376. The molecule has 0 bridgehead atoms. The minimum Gasteiger partial charge on any atom is -0.450 e. The first-order chi connectivity index (χ1) is 9.88. The third kappa shape index (κ3) is 3.22. The molecule has 0 fully saturated rings. The van der Waals surface area contributed by atoms with Crippen molar-refractivity contribution < 1.29 is 18.8 Å². The van der Waals surface area contributed by atoms with Gasteiger partial charge in [0.2, 0.25) is 5.75 Å². The van der Waals surface area contributed by atoms with Crippen LogP contribution in [0.1, 0.15) is 22.8 Å². The standard InChI is InChI=1S/C15H12FNO4/c1-9-7-12(16)4-6-14(9)21-15-5-3-11(10(2)18)8-13(15)17(19)20/h3-8H,1-2H3. The van der Waals surface area contributed by atoms with E-state index >= 15 is 0 Å². The van der Waals surface area contributed by atoms with Crippen LogP contribution in [0.2, 0.25) is 0 Å². The van der Waals surface area contributed by atoms with E-state index in [-0.39, 0.29) is 22.8 Å². The largest absolute Gasteiger partial charge is 0.450 e. The molecule has 0 aliphatic carbocycles. The second kappa shape index (κ2) is 5.70. The molecule has 0 N–H and O–H groups in total. The van der Waals surface area contributed by atoms with Gasteiger partial charge in [0.1, 0.15) is 11.6 Å². The highest BCUT2D eigenvalue weighted by Crippen LogP contribution is 2.33. The average Bonchev–Trinajstić information content (AvgIpc) is 2.41. The molecule has 5 nitrogen and oxygen atoms in total. The number of Topliss-reactive ketones (excluding diaryl/α,β-unsaturated/α-hetero) is 1. The Morgan fingerprint density at radius 2 is 1.86 bits per heavy atom. The van der Waals surface area contributed by atoms with Crippen LogP contribution in [0.5, 0.6) is 11.5 Å². The van der Waals surface area contributed by atoms with Crippen LogP contribution in [-0.4, -0.2) is 10.7 Å². The van der Waals surface area contributed by atoms with Crippen LogP contribution in [0, 0.1) is 22.9 Å². The third-order valence-electron chi connectivity index (χ3n) is 2.92. The highest BCUT2D eigenvalue weighted by Gasteiger charge is 2.18. The number of rotatable bonds is 4. The minimum absolute atomic E-state index is 0.000270. The van der Waals surface area contributed by atoms with Gasteiger partial charge in [0.25, 0.3) is 0 Å². The molecule has 0 radical (unpaired) electrons. The van der Waals surface area contributed by atoms with E-state index in [0.717, 1.165) is 6.07 Å². The van der Waals surface area contributed by atoms with Gasteiger partial charge in [-0.3, -0.25) is 14.9 Å². The second-order valence-corrected chi connectivity index (χ2v) is 4.51. The number of aryl methyl sites for hydroxylation is 1. The third-order valence-corrected chi connectivity index (χ3v) is 2.92. The lowest BCUT2D eigenvalue weighted by Gasteiger charge is -2.09. The Hall–Kier alpha value is -2.76. The highest BCUT2D eigenvalue weighted by molar-refractivity contribution is 5.95. The number of nitrogens with zero attached hydrogens (tertiary/aromatic N) is 1. The van der Waals surface area contributed by atoms with E-state index in [9.17, 15) is 19.3 Å². The zero-order valence-corrected chi connectivity index (χ0v) is 11.4. The number of benzene rings is 2. The number of halogens is 1. The number of nitro groups is 1.